The molecule has 2 N–H and O–H groups in total. The van der Waals surface area contributed by atoms with Crippen molar-refractivity contribution in [3.8, 4) is 0 Å². The summed E-state index contributed by atoms with van der Waals surface area (Å²) in [5.41, 5.74) is 6.09. The van der Waals surface area contributed by atoms with Crippen LogP contribution in [0.5, 0.6) is 0 Å². The maximum absolute atomic E-state index is 6.09. The molecule has 2 fully saturated rings. The van der Waals surface area contributed by atoms with Gasteiger partial charge in [0.2, 0.25) is 0 Å². The molecule has 0 bridgehead atoms. The fraction of sp³-hybridized carbons (Fsp3) is 1.00. The van der Waals surface area contributed by atoms with E-state index in [0.717, 1.165) is 11.8 Å². The van der Waals surface area contributed by atoms with Gasteiger partial charge in [-0.25, -0.2) is 0 Å². The molecule has 0 spiro atoms. The molecule has 2 unspecified atom stereocenters. The van der Waals surface area contributed by atoms with Gasteiger partial charge in [0.1, 0.15) is 0 Å². The zero-order valence-corrected chi connectivity index (χ0v) is 9.38. The highest BCUT2D eigenvalue weighted by Gasteiger charge is 2.45. The van der Waals surface area contributed by atoms with E-state index in [2.05, 4.69) is 0 Å². The summed E-state index contributed by atoms with van der Waals surface area (Å²) >= 11 is 0. The van der Waals surface area contributed by atoms with Crippen LogP contribution in [0.15, 0.2) is 0 Å². The molecule has 0 amide bonds. The average Bonchev–Trinajstić information content (AvgIpc) is 2.76. The molecule has 0 radical (unpaired) electrons. The maximum atomic E-state index is 6.09. The van der Waals surface area contributed by atoms with Gasteiger partial charge in [-0.2, -0.15) is 0 Å². The molecule has 1 heteroatoms. The Morgan fingerprint density at radius 1 is 0.571 bits per heavy atom. The molecule has 2 atom stereocenters. The predicted molar refractivity (Wildman–Crippen MR) is 61.1 cm³/mol. The summed E-state index contributed by atoms with van der Waals surface area (Å²) in [6, 6.07) is 0.579. The van der Waals surface area contributed by atoms with Gasteiger partial charge in [-0.05, 0) is 24.7 Å². The Morgan fingerprint density at radius 2 is 0.929 bits per heavy atom. The highest BCUT2D eigenvalue weighted by atomic mass is 14.8. The maximum Gasteiger partial charge on any atom is 0.0102 e. The second-order valence-corrected chi connectivity index (χ2v) is 5.31. The van der Waals surface area contributed by atoms with Crippen LogP contribution in [-0.4, -0.2) is 6.04 Å². The largest absolute Gasteiger partial charge is 0.327 e. The first-order chi connectivity index (χ1) is 6.89. The minimum absolute atomic E-state index is 0.579. The summed E-state index contributed by atoms with van der Waals surface area (Å²) in [6.45, 7) is 0. The van der Waals surface area contributed by atoms with Gasteiger partial charge in [0, 0.05) is 6.04 Å². The van der Waals surface area contributed by atoms with E-state index in [-0.39, 0.29) is 0 Å². The highest BCUT2D eigenvalue weighted by Crippen LogP contribution is 2.44. The average molecular weight is 195 g/mol. The molecule has 2 aliphatic rings. The first-order valence-corrected chi connectivity index (χ1v) is 6.65. The zero-order chi connectivity index (χ0) is 9.80. The van der Waals surface area contributed by atoms with Gasteiger partial charge in [0.15, 0.2) is 0 Å². The Morgan fingerprint density at radius 3 is 1.36 bits per heavy atom. The molecule has 1 nitrogen and oxygen atoms in total. The van der Waals surface area contributed by atoms with E-state index in [1.54, 1.807) is 0 Å². The second-order valence-electron chi connectivity index (χ2n) is 5.31. The third-order valence-corrected chi connectivity index (χ3v) is 4.22. The minimum Gasteiger partial charge on any atom is -0.327 e. The van der Waals surface area contributed by atoms with Crippen molar-refractivity contribution in [2.24, 2.45) is 17.6 Å². The van der Waals surface area contributed by atoms with E-state index < -0.39 is 0 Å². The minimum atomic E-state index is 0.579. The molecular weight excluding hydrogens is 170 g/mol. The lowest BCUT2D eigenvalue weighted by molar-refractivity contribution is 0.491. The van der Waals surface area contributed by atoms with Crippen molar-refractivity contribution in [1.82, 2.24) is 0 Å². The van der Waals surface area contributed by atoms with E-state index in [4.69, 9.17) is 5.73 Å². The van der Waals surface area contributed by atoms with Gasteiger partial charge in [-0.3, -0.25) is 0 Å². The lowest BCUT2D eigenvalue weighted by atomic mass is 10.0. The Labute approximate surface area is 88.4 Å². The highest BCUT2D eigenvalue weighted by molar-refractivity contribution is 5.00. The molecule has 0 aromatic carbocycles. The van der Waals surface area contributed by atoms with Gasteiger partial charge in [0.25, 0.3) is 0 Å². The quantitative estimate of drug-likeness (QED) is 0.629. The third-order valence-electron chi connectivity index (χ3n) is 4.22. The van der Waals surface area contributed by atoms with Gasteiger partial charge in [-0.15, -0.1) is 0 Å². The molecule has 0 heterocycles. The summed E-state index contributed by atoms with van der Waals surface area (Å²) in [7, 11) is 0. The summed E-state index contributed by atoms with van der Waals surface area (Å²) in [5, 5.41) is 0. The number of nitrogens with two attached hydrogens (primary N) is 1. The lowest BCUT2D eigenvalue weighted by Crippen LogP contribution is -2.03. The molecule has 82 valence electrons. The molecule has 2 aliphatic carbocycles. The van der Waals surface area contributed by atoms with E-state index in [9.17, 15) is 0 Å². The molecular formula is C13H25N. The van der Waals surface area contributed by atoms with E-state index in [1.807, 2.05) is 0 Å². The number of fused-ring (bicyclic) bond motifs is 1. The standard InChI is InChI=1S/C13H25N/c14-13-11-9-7-5-3-1-2-4-6-8-10-12(11)13/h11-13H,1-10,14H2. The van der Waals surface area contributed by atoms with Crippen LogP contribution in [0.3, 0.4) is 0 Å². The van der Waals surface area contributed by atoms with Crippen molar-refractivity contribution in [1.29, 1.82) is 0 Å². The third kappa shape index (κ3) is 2.73. The van der Waals surface area contributed by atoms with E-state index in [1.165, 1.54) is 64.2 Å². The lowest BCUT2D eigenvalue weighted by Gasteiger charge is -2.05. The number of rotatable bonds is 0. The predicted octanol–water partition coefficient (Wildman–Crippen LogP) is 3.47. The van der Waals surface area contributed by atoms with Crippen molar-refractivity contribution in [3.05, 3.63) is 0 Å². The number of hydrogen-bond acceptors (Lipinski definition) is 1. The summed E-state index contributed by atoms with van der Waals surface area (Å²) in [4.78, 5) is 0. The zero-order valence-electron chi connectivity index (χ0n) is 9.38. The van der Waals surface area contributed by atoms with Crippen LogP contribution in [0.2, 0.25) is 0 Å². The monoisotopic (exact) mass is 195 g/mol. The normalized spacial score (nSPS) is 40.5. The molecule has 14 heavy (non-hydrogen) atoms. The van der Waals surface area contributed by atoms with Gasteiger partial charge in [0.05, 0.1) is 0 Å². The van der Waals surface area contributed by atoms with Gasteiger partial charge < -0.3 is 5.73 Å². The Balaban J connectivity index is 1.72. The van der Waals surface area contributed by atoms with Crippen LogP contribution < -0.4 is 5.73 Å². The van der Waals surface area contributed by atoms with E-state index in [0.29, 0.717) is 6.04 Å². The van der Waals surface area contributed by atoms with Gasteiger partial charge in [-0.1, -0.05) is 51.4 Å². The van der Waals surface area contributed by atoms with Gasteiger partial charge >= 0.3 is 0 Å². The van der Waals surface area contributed by atoms with Crippen LogP contribution in [0.1, 0.15) is 64.2 Å². The van der Waals surface area contributed by atoms with Crippen LogP contribution in [0, 0.1) is 11.8 Å². The Bertz CT molecular complexity index is 149. The molecule has 0 saturated heterocycles. The SMILES string of the molecule is NC1C2CCCCCCCCCCC12. The fourth-order valence-electron chi connectivity index (χ4n) is 3.11. The number of hydrogen-bond donors (Lipinski definition) is 1. The van der Waals surface area contributed by atoms with E-state index >= 15 is 0 Å². The van der Waals surface area contributed by atoms with Crippen molar-refractivity contribution in [3.63, 3.8) is 0 Å². The Kier molecular flexibility index (Phi) is 3.86. The first-order valence-electron chi connectivity index (χ1n) is 6.65. The first kappa shape index (κ1) is 10.5. The van der Waals surface area contributed by atoms with Crippen molar-refractivity contribution in [2.75, 3.05) is 0 Å². The fourth-order valence-corrected chi connectivity index (χ4v) is 3.11. The van der Waals surface area contributed by atoms with Crippen LogP contribution in [0.4, 0.5) is 0 Å². The van der Waals surface area contributed by atoms with Crippen LogP contribution in [0.25, 0.3) is 0 Å². The van der Waals surface area contributed by atoms with Crippen molar-refractivity contribution in [2.45, 2.75) is 70.3 Å². The topological polar surface area (TPSA) is 26.0 Å². The molecule has 0 aliphatic heterocycles. The molecule has 2 rings (SSSR count). The Hall–Kier alpha value is -0.0400. The molecule has 2 saturated carbocycles. The summed E-state index contributed by atoms with van der Waals surface area (Å²) in [6.07, 6.45) is 14.5. The van der Waals surface area contributed by atoms with Crippen LogP contribution in [-0.2, 0) is 0 Å². The summed E-state index contributed by atoms with van der Waals surface area (Å²) in [5.74, 6) is 1.82. The van der Waals surface area contributed by atoms with Crippen LogP contribution >= 0.6 is 0 Å². The smallest absolute Gasteiger partial charge is 0.0102 e. The molecule has 0 aromatic rings. The molecule has 0 aromatic heterocycles. The summed E-state index contributed by atoms with van der Waals surface area (Å²) < 4.78 is 0. The second kappa shape index (κ2) is 5.16. The van der Waals surface area contributed by atoms with Crippen molar-refractivity contribution >= 4 is 0 Å². The van der Waals surface area contributed by atoms with Crippen molar-refractivity contribution < 1.29 is 0 Å².